The smallest absolute Gasteiger partial charge is 0.0495 e. The van der Waals surface area contributed by atoms with E-state index in [4.69, 9.17) is 5.73 Å². The molecule has 14 heavy (non-hydrogen) atoms. The fourth-order valence-electron chi connectivity index (χ4n) is 1.76. The van der Waals surface area contributed by atoms with Gasteiger partial charge >= 0.3 is 0 Å². The molecule has 3 heteroatoms. The first-order valence-corrected chi connectivity index (χ1v) is 4.45. The quantitative estimate of drug-likeness (QED) is 0.525. The summed E-state index contributed by atoms with van der Waals surface area (Å²) in [5, 5.41) is 2.31. The molecule has 0 saturated heterocycles. The van der Waals surface area contributed by atoms with Crippen LogP contribution in [0.15, 0.2) is 36.7 Å². The Morgan fingerprint density at radius 3 is 2.93 bits per heavy atom. The lowest BCUT2D eigenvalue weighted by molar-refractivity contribution is 1.36. The second-order valence-corrected chi connectivity index (χ2v) is 3.35. The molecule has 2 aromatic heterocycles. The number of benzene rings is 1. The SMILES string of the molecule is Nc1ccc2c(c1)[nH]c1ccncc12. The van der Waals surface area contributed by atoms with Gasteiger partial charge in [-0.15, -0.1) is 0 Å². The van der Waals surface area contributed by atoms with Crippen molar-refractivity contribution in [2.45, 2.75) is 0 Å². The molecule has 0 saturated carbocycles. The Hall–Kier alpha value is -2.03. The van der Waals surface area contributed by atoms with Crippen molar-refractivity contribution in [1.29, 1.82) is 0 Å². The molecule has 3 rings (SSSR count). The van der Waals surface area contributed by atoms with Gasteiger partial charge in [0.05, 0.1) is 0 Å². The van der Waals surface area contributed by atoms with E-state index in [0.29, 0.717) is 0 Å². The molecule has 0 amide bonds. The van der Waals surface area contributed by atoms with Crippen LogP contribution in [0.1, 0.15) is 0 Å². The van der Waals surface area contributed by atoms with Crippen LogP contribution in [0.5, 0.6) is 0 Å². The highest BCUT2D eigenvalue weighted by Crippen LogP contribution is 2.25. The summed E-state index contributed by atoms with van der Waals surface area (Å²) in [6.07, 6.45) is 3.64. The second kappa shape index (κ2) is 2.48. The van der Waals surface area contributed by atoms with E-state index in [2.05, 4.69) is 9.97 Å². The first kappa shape index (κ1) is 7.38. The average molecular weight is 183 g/mol. The fraction of sp³-hybridized carbons (Fsp3) is 0. The molecule has 0 radical (unpaired) electrons. The van der Waals surface area contributed by atoms with Gasteiger partial charge in [-0.3, -0.25) is 4.98 Å². The number of nitrogens with one attached hydrogen (secondary N) is 1. The minimum atomic E-state index is 0.775. The molecule has 0 atom stereocenters. The topological polar surface area (TPSA) is 54.7 Å². The van der Waals surface area contributed by atoms with Gasteiger partial charge in [-0.1, -0.05) is 6.07 Å². The third-order valence-electron chi connectivity index (χ3n) is 2.42. The summed E-state index contributed by atoms with van der Waals surface area (Å²) in [5.74, 6) is 0. The fourth-order valence-corrected chi connectivity index (χ4v) is 1.76. The third kappa shape index (κ3) is 0.893. The van der Waals surface area contributed by atoms with Gasteiger partial charge in [0, 0.05) is 39.9 Å². The lowest BCUT2D eigenvalue weighted by Crippen LogP contribution is -1.82. The van der Waals surface area contributed by atoms with Gasteiger partial charge in [0.1, 0.15) is 0 Å². The molecular formula is C11H9N3. The minimum absolute atomic E-state index is 0.775. The summed E-state index contributed by atoms with van der Waals surface area (Å²) >= 11 is 0. The van der Waals surface area contributed by atoms with E-state index in [9.17, 15) is 0 Å². The number of anilines is 1. The number of hydrogen-bond donors (Lipinski definition) is 2. The van der Waals surface area contributed by atoms with Crippen molar-refractivity contribution in [3.63, 3.8) is 0 Å². The van der Waals surface area contributed by atoms with Crippen molar-refractivity contribution in [1.82, 2.24) is 9.97 Å². The molecule has 2 heterocycles. The maximum Gasteiger partial charge on any atom is 0.0495 e. The second-order valence-electron chi connectivity index (χ2n) is 3.35. The zero-order chi connectivity index (χ0) is 9.54. The molecule has 0 unspecified atom stereocenters. The van der Waals surface area contributed by atoms with E-state index in [-0.39, 0.29) is 0 Å². The number of fused-ring (bicyclic) bond motifs is 3. The van der Waals surface area contributed by atoms with Gasteiger partial charge in [0.15, 0.2) is 0 Å². The Kier molecular flexibility index (Phi) is 1.31. The van der Waals surface area contributed by atoms with Gasteiger partial charge < -0.3 is 10.7 Å². The summed E-state index contributed by atoms with van der Waals surface area (Å²) in [6, 6.07) is 7.83. The molecular weight excluding hydrogens is 174 g/mol. The first-order valence-electron chi connectivity index (χ1n) is 4.45. The predicted molar refractivity (Wildman–Crippen MR) is 58.0 cm³/mol. The Labute approximate surface area is 80.6 Å². The van der Waals surface area contributed by atoms with Gasteiger partial charge in [0.2, 0.25) is 0 Å². The lowest BCUT2D eigenvalue weighted by Gasteiger charge is -1.92. The average Bonchev–Trinajstić information content (AvgIpc) is 2.54. The number of nitrogens with zero attached hydrogens (tertiary/aromatic N) is 1. The number of H-pyrrole nitrogens is 1. The van der Waals surface area contributed by atoms with Crippen molar-refractivity contribution in [3.05, 3.63) is 36.7 Å². The number of aromatic nitrogens is 2. The maximum atomic E-state index is 5.71. The molecule has 68 valence electrons. The highest BCUT2D eigenvalue weighted by Gasteiger charge is 2.02. The Morgan fingerprint density at radius 1 is 1.07 bits per heavy atom. The molecule has 0 aliphatic heterocycles. The van der Waals surface area contributed by atoms with E-state index in [1.807, 2.05) is 30.5 Å². The van der Waals surface area contributed by atoms with Crippen molar-refractivity contribution in [2.75, 3.05) is 5.73 Å². The van der Waals surface area contributed by atoms with Crippen LogP contribution < -0.4 is 5.73 Å². The third-order valence-corrected chi connectivity index (χ3v) is 2.42. The van der Waals surface area contributed by atoms with Crippen molar-refractivity contribution in [3.8, 4) is 0 Å². The summed E-state index contributed by atoms with van der Waals surface area (Å²) in [4.78, 5) is 7.41. The molecule has 3 N–H and O–H groups in total. The van der Waals surface area contributed by atoms with Crippen LogP contribution in [-0.4, -0.2) is 9.97 Å². The predicted octanol–water partition coefficient (Wildman–Crippen LogP) is 2.30. The van der Waals surface area contributed by atoms with Crippen LogP contribution in [0.3, 0.4) is 0 Å². The van der Waals surface area contributed by atoms with E-state index < -0.39 is 0 Å². The maximum absolute atomic E-state index is 5.71. The van der Waals surface area contributed by atoms with E-state index in [0.717, 1.165) is 22.1 Å². The van der Waals surface area contributed by atoms with Crippen molar-refractivity contribution in [2.24, 2.45) is 0 Å². The minimum Gasteiger partial charge on any atom is -0.399 e. The number of rotatable bonds is 0. The van der Waals surface area contributed by atoms with Crippen molar-refractivity contribution >= 4 is 27.5 Å². The Balaban J connectivity index is 2.57. The normalized spacial score (nSPS) is 11.1. The zero-order valence-electron chi connectivity index (χ0n) is 7.49. The monoisotopic (exact) mass is 183 g/mol. The number of nitrogens with two attached hydrogens (primary N) is 1. The molecule has 3 nitrogen and oxygen atoms in total. The number of aromatic amines is 1. The van der Waals surface area contributed by atoms with Crippen LogP contribution in [-0.2, 0) is 0 Å². The highest BCUT2D eigenvalue weighted by molar-refractivity contribution is 6.07. The first-order chi connectivity index (χ1) is 6.84. The molecule has 3 aromatic rings. The Bertz CT molecular complexity index is 610. The molecule has 0 aliphatic rings. The molecule has 0 fully saturated rings. The standard InChI is InChI=1S/C11H9N3/c12-7-1-2-8-9-6-13-4-3-10(9)14-11(8)5-7/h1-6,14H,12H2. The summed E-state index contributed by atoms with van der Waals surface area (Å²) in [6.45, 7) is 0. The zero-order valence-corrected chi connectivity index (χ0v) is 7.49. The number of hydrogen-bond acceptors (Lipinski definition) is 2. The largest absolute Gasteiger partial charge is 0.399 e. The molecule has 0 aliphatic carbocycles. The van der Waals surface area contributed by atoms with Crippen LogP contribution >= 0.6 is 0 Å². The Morgan fingerprint density at radius 2 is 2.00 bits per heavy atom. The van der Waals surface area contributed by atoms with Gasteiger partial charge in [0.25, 0.3) is 0 Å². The summed E-state index contributed by atoms with van der Waals surface area (Å²) in [5.41, 5.74) is 8.65. The molecule has 0 spiro atoms. The van der Waals surface area contributed by atoms with Crippen molar-refractivity contribution < 1.29 is 0 Å². The van der Waals surface area contributed by atoms with Crippen LogP contribution in [0.2, 0.25) is 0 Å². The number of pyridine rings is 1. The van der Waals surface area contributed by atoms with E-state index in [1.54, 1.807) is 6.20 Å². The highest BCUT2D eigenvalue weighted by atomic mass is 14.7. The lowest BCUT2D eigenvalue weighted by atomic mass is 10.2. The van der Waals surface area contributed by atoms with Gasteiger partial charge in [-0.25, -0.2) is 0 Å². The number of nitrogen functional groups attached to an aromatic ring is 1. The van der Waals surface area contributed by atoms with Crippen LogP contribution in [0.4, 0.5) is 5.69 Å². The molecule has 0 bridgehead atoms. The van der Waals surface area contributed by atoms with Gasteiger partial charge in [-0.2, -0.15) is 0 Å². The summed E-state index contributed by atoms with van der Waals surface area (Å²) in [7, 11) is 0. The van der Waals surface area contributed by atoms with E-state index in [1.165, 1.54) is 5.39 Å². The molecule has 1 aromatic carbocycles. The van der Waals surface area contributed by atoms with E-state index >= 15 is 0 Å². The summed E-state index contributed by atoms with van der Waals surface area (Å²) < 4.78 is 0. The van der Waals surface area contributed by atoms with Crippen LogP contribution in [0, 0.1) is 0 Å². The van der Waals surface area contributed by atoms with Crippen LogP contribution in [0.25, 0.3) is 21.8 Å². The van der Waals surface area contributed by atoms with Gasteiger partial charge in [-0.05, 0) is 18.2 Å².